The largest absolute Gasteiger partial charge is 0.478 e. The van der Waals surface area contributed by atoms with Crippen molar-refractivity contribution in [2.75, 3.05) is 6.54 Å². The van der Waals surface area contributed by atoms with Crippen molar-refractivity contribution in [2.45, 2.75) is 37.8 Å². The molecule has 1 aromatic heterocycles. The van der Waals surface area contributed by atoms with Crippen LogP contribution in [0.2, 0.25) is 0 Å². The summed E-state index contributed by atoms with van der Waals surface area (Å²) in [5.74, 6) is -1.00. The Balaban J connectivity index is 1.64. The number of hydrogen-bond donors (Lipinski definition) is 2. The molecule has 5 nitrogen and oxygen atoms in total. The van der Waals surface area contributed by atoms with E-state index in [1.54, 1.807) is 18.2 Å². The van der Waals surface area contributed by atoms with Gasteiger partial charge in [-0.25, -0.2) is 4.79 Å². The SMILES string of the molecule is O=C(O)c1cccc(CC(=O)N2CCCC2CC(O)c2cccs2)c1. The molecule has 25 heavy (non-hydrogen) atoms. The molecule has 2 unspecified atom stereocenters. The average molecular weight is 359 g/mol. The van der Waals surface area contributed by atoms with Crippen molar-refractivity contribution in [1.82, 2.24) is 4.90 Å². The van der Waals surface area contributed by atoms with Gasteiger partial charge in [-0.1, -0.05) is 18.2 Å². The summed E-state index contributed by atoms with van der Waals surface area (Å²) in [7, 11) is 0. The number of amides is 1. The van der Waals surface area contributed by atoms with E-state index in [9.17, 15) is 14.7 Å². The van der Waals surface area contributed by atoms with Crippen molar-refractivity contribution in [3.05, 3.63) is 57.8 Å². The predicted octanol–water partition coefficient (Wildman–Crippen LogP) is 3.10. The van der Waals surface area contributed by atoms with Crippen molar-refractivity contribution < 1.29 is 19.8 Å². The van der Waals surface area contributed by atoms with E-state index in [4.69, 9.17) is 5.11 Å². The number of benzene rings is 1. The van der Waals surface area contributed by atoms with Crippen LogP contribution >= 0.6 is 11.3 Å². The van der Waals surface area contributed by atoms with Gasteiger partial charge in [-0.05, 0) is 48.4 Å². The van der Waals surface area contributed by atoms with Gasteiger partial charge in [-0.2, -0.15) is 0 Å². The maximum atomic E-state index is 12.7. The van der Waals surface area contributed by atoms with Gasteiger partial charge in [0.05, 0.1) is 18.1 Å². The summed E-state index contributed by atoms with van der Waals surface area (Å²) in [6.07, 6.45) is 2.01. The Morgan fingerprint density at radius 1 is 1.28 bits per heavy atom. The Labute approximate surface area is 150 Å². The fourth-order valence-electron chi connectivity index (χ4n) is 3.35. The third kappa shape index (κ3) is 4.27. The third-order valence-electron chi connectivity index (χ3n) is 4.59. The highest BCUT2D eigenvalue weighted by atomic mass is 32.1. The molecule has 0 bridgehead atoms. The van der Waals surface area contributed by atoms with Crippen LogP contribution < -0.4 is 0 Å². The number of rotatable bonds is 6. The van der Waals surface area contributed by atoms with E-state index in [0.29, 0.717) is 18.5 Å². The van der Waals surface area contributed by atoms with E-state index in [-0.39, 0.29) is 23.9 Å². The molecule has 3 rings (SSSR count). The molecule has 0 radical (unpaired) electrons. The van der Waals surface area contributed by atoms with E-state index in [1.165, 1.54) is 17.4 Å². The van der Waals surface area contributed by atoms with Crippen LogP contribution in [0.5, 0.6) is 0 Å². The maximum Gasteiger partial charge on any atom is 0.335 e. The number of carbonyl (C=O) groups excluding carboxylic acids is 1. The first-order chi connectivity index (χ1) is 12.0. The number of aromatic carboxylic acids is 1. The highest BCUT2D eigenvalue weighted by molar-refractivity contribution is 7.10. The molecule has 6 heteroatoms. The van der Waals surface area contributed by atoms with Gasteiger partial charge in [-0.15, -0.1) is 11.3 Å². The second-order valence-electron chi connectivity index (χ2n) is 6.33. The lowest BCUT2D eigenvalue weighted by Crippen LogP contribution is -2.37. The lowest BCUT2D eigenvalue weighted by molar-refractivity contribution is -0.131. The Kier molecular flexibility index (Phi) is 5.50. The number of carbonyl (C=O) groups is 2. The molecule has 1 amide bonds. The molecule has 0 aliphatic carbocycles. The van der Waals surface area contributed by atoms with Crippen LogP contribution in [0.4, 0.5) is 0 Å². The summed E-state index contributed by atoms with van der Waals surface area (Å²) >= 11 is 1.52. The number of carboxylic acid groups (broad SMARTS) is 1. The lowest BCUT2D eigenvalue weighted by Gasteiger charge is -2.26. The number of likely N-dealkylation sites (tertiary alicyclic amines) is 1. The minimum Gasteiger partial charge on any atom is -0.478 e. The summed E-state index contributed by atoms with van der Waals surface area (Å²) in [6.45, 7) is 0.694. The molecule has 2 heterocycles. The molecule has 2 N–H and O–H groups in total. The molecule has 2 aromatic rings. The number of carboxylic acids is 1. The first-order valence-corrected chi connectivity index (χ1v) is 9.25. The zero-order valence-electron chi connectivity index (χ0n) is 13.8. The molecular weight excluding hydrogens is 338 g/mol. The molecule has 1 fully saturated rings. The van der Waals surface area contributed by atoms with Crippen LogP contribution in [-0.4, -0.2) is 39.6 Å². The Hall–Kier alpha value is -2.18. The van der Waals surface area contributed by atoms with E-state index >= 15 is 0 Å². The molecule has 0 saturated carbocycles. The normalized spacial score (nSPS) is 18.3. The molecular formula is C19H21NO4S. The van der Waals surface area contributed by atoms with Gasteiger partial charge < -0.3 is 15.1 Å². The second-order valence-corrected chi connectivity index (χ2v) is 7.31. The van der Waals surface area contributed by atoms with E-state index in [1.807, 2.05) is 22.4 Å². The molecule has 2 atom stereocenters. The maximum absolute atomic E-state index is 12.7. The van der Waals surface area contributed by atoms with Crippen molar-refractivity contribution in [3.8, 4) is 0 Å². The van der Waals surface area contributed by atoms with Crippen LogP contribution in [0.3, 0.4) is 0 Å². The summed E-state index contributed by atoms with van der Waals surface area (Å²) in [5.41, 5.74) is 0.894. The van der Waals surface area contributed by atoms with Crippen molar-refractivity contribution >= 4 is 23.2 Å². The second kappa shape index (κ2) is 7.80. The molecule has 1 aliphatic rings. The van der Waals surface area contributed by atoms with E-state index in [2.05, 4.69) is 0 Å². The van der Waals surface area contributed by atoms with Crippen LogP contribution in [0.15, 0.2) is 41.8 Å². The zero-order chi connectivity index (χ0) is 17.8. The lowest BCUT2D eigenvalue weighted by atomic mass is 10.0. The molecule has 1 aliphatic heterocycles. The molecule has 0 spiro atoms. The van der Waals surface area contributed by atoms with Gasteiger partial charge >= 0.3 is 5.97 Å². The highest BCUT2D eigenvalue weighted by Crippen LogP contribution is 2.29. The smallest absolute Gasteiger partial charge is 0.335 e. The summed E-state index contributed by atoms with van der Waals surface area (Å²) in [6, 6.07) is 10.4. The highest BCUT2D eigenvalue weighted by Gasteiger charge is 2.30. The molecule has 1 aromatic carbocycles. The molecule has 132 valence electrons. The fourth-order valence-corrected chi connectivity index (χ4v) is 4.08. The fraction of sp³-hybridized carbons (Fsp3) is 0.368. The van der Waals surface area contributed by atoms with Gasteiger partial charge in [0, 0.05) is 17.5 Å². The Morgan fingerprint density at radius 2 is 2.12 bits per heavy atom. The first-order valence-electron chi connectivity index (χ1n) is 8.38. The Bertz CT molecular complexity index is 744. The Morgan fingerprint density at radius 3 is 2.84 bits per heavy atom. The van der Waals surface area contributed by atoms with E-state index < -0.39 is 12.1 Å². The van der Waals surface area contributed by atoms with Crippen molar-refractivity contribution in [1.29, 1.82) is 0 Å². The van der Waals surface area contributed by atoms with Crippen LogP contribution in [0, 0.1) is 0 Å². The van der Waals surface area contributed by atoms with Crippen LogP contribution in [-0.2, 0) is 11.2 Å². The van der Waals surface area contributed by atoms with E-state index in [0.717, 1.165) is 17.7 Å². The van der Waals surface area contributed by atoms with Gasteiger partial charge in [0.15, 0.2) is 0 Å². The number of aliphatic hydroxyl groups excluding tert-OH is 1. The number of nitrogens with zero attached hydrogens (tertiary/aromatic N) is 1. The number of thiophene rings is 1. The zero-order valence-corrected chi connectivity index (χ0v) is 14.6. The van der Waals surface area contributed by atoms with Gasteiger partial charge in [-0.3, -0.25) is 4.79 Å². The summed E-state index contributed by atoms with van der Waals surface area (Å²) in [5, 5.41) is 21.4. The molecule has 1 saturated heterocycles. The monoisotopic (exact) mass is 359 g/mol. The van der Waals surface area contributed by atoms with Crippen molar-refractivity contribution in [3.63, 3.8) is 0 Å². The predicted molar refractivity (Wildman–Crippen MR) is 95.7 cm³/mol. The van der Waals surface area contributed by atoms with Crippen LogP contribution in [0.25, 0.3) is 0 Å². The van der Waals surface area contributed by atoms with Crippen molar-refractivity contribution in [2.24, 2.45) is 0 Å². The minimum atomic E-state index is -0.993. The third-order valence-corrected chi connectivity index (χ3v) is 5.57. The van der Waals surface area contributed by atoms with Crippen LogP contribution in [0.1, 0.15) is 46.2 Å². The number of hydrogen-bond acceptors (Lipinski definition) is 4. The first kappa shape index (κ1) is 17.6. The standard InChI is InChI=1S/C19H21NO4S/c21-16(17-7-3-9-25-17)12-15-6-2-8-20(15)18(22)11-13-4-1-5-14(10-13)19(23)24/h1,3-5,7,9-10,15-16,21H,2,6,8,11-12H2,(H,23,24). The van der Waals surface area contributed by atoms with Gasteiger partial charge in [0.2, 0.25) is 5.91 Å². The quantitative estimate of drug-likeness (QED) is 0.831. The topological polar surface area (TPSA) is 77.8 Å². The van der Waals surface area contributed by atoms with Gasteiger partial charge in [0.25, 0.3) is 0 Å². The summed E-state index contributed by atoms with van der Waals surface area (Å²) in [4.78, 5) is 26.5. The summed E-state index contributed by atoms with van der Waals surface area (Å²) < 4.78 is 0. The van der Waals surface area contributed by atoms with Gasteiger partial charge in [0.1, 0.15) is 0 Å². The number of aliphatic hydroxyl groups is 1. The minimum absolute atomic E-state index is 0.0107. The average Bonchev–Trinajstić information content (AvgIpc) is 3.26.